The SMILES string of the molecule is COC(=O)c1ccc(CNN2CCN(C)CC2)c(Br)c1. The molecule has 1 N–H and O–H groups in total. The van der Waals surface area contributed by atoms with E-state index in [1.807, 2.05) is 6.07 Å². The van der Waals surface area contributed by atoms with E-state index < -0.39 is 0 Å². The first-order chi connectivity index (χ1) is 9.60. The zero-order chi connectivity index (χ0) is 14.5. The molecule has 1 aromatic rings. The minimum atomic E-state index is -0.315. The van der Waals surface area contributed by atoms with Gasteiger partial charge in [0.2, 0.25) is 0 Å². The van der Waals surface area contributed by atoms with Gasteiger partial charge in [0.1, 0.15) is 0 Å². The van der Waals surface area contributed by atoms with Crippen LogP contribution in [0.5, 0.6) is 0 Å². The van der Waals surface area contributed by atoms with Crippen molar-refractivity contribution in [3.8, 4) is 0 Å². The Labute approximate surface area is 128 Å². The fourth-order valence-electron chi connectivity index (χ4n) is 2.10. The van der Waals surface area contributed by atoms with Crippen molar-refractivity contribution < 1.29 is 9.53 Å². The zero-order valence-corrected chi connectivity index (χ0v) is 13.4. The molecular formula is C14H20BrN3O2. The number of nitrogens with zero attached hydrogens (tertiary/aromatic N) is 2. The largest absolute Gasteiger partial charge is 0.465 e. The van der Waals surface area contributed by atoms with Crippen LogP contribution in [0.15, 0.2) is 22.7 Å². The summed E-state index contributed by atoms with van der Waals surface area (Å²) < 4.78 is 5.63. The van der Waals surface area contributed by atoms with Gasteiger partial charge in [0.05, 0.1) is 12.7 Å². The average molecular weight is 342 g/mol. The molecule has 1 aromatic carbocycles. The maximum atomic E-state index is 11.4. The van der Waals surface area contributed by atoms with Crippen LogP contribution in [0.3, 0.4) is 0 Å². The predicted molar refractivity (Wildman–Crippen MR) is 81.4 cm³/mol. The molecule has 110 valence electrons. The van der Waals surface area contributed by atoms with Crippen LogP contribution in [0.1, 0.15) is 15.9 Å². The van der Waals surface area contributed by atoms with Crippen LogP contribution in [0.2, 0.25) is 0 Å². The molecule has 1 saturated heterocycles. The van der Waals surface area contributed by atoms with E-state index in [1.54, 1.807) is 12.1 Å². The molecule has 0 spiro atoms. The number of rotatable bonds is 4. The normalized spacial score (nSPS) is 17.1. The summed E-state index contributed by atoms with van der Waals surface area (Å²) in [5.41, 5.74) is 5.10. The molecule has 6 heteroatoms. The lowest BCUT2D eigenvalue weighted by atomic mass is 10.1. The number of likely N-dealkylation sites (N-methyl/N-ethyl adjacent to an activating group) is 1. The third-order valence-electron chi connectivity index (χ3n) is 3.47. The van der Waals surface area contributed by atoms with E-state index in [0.29, 0.717) is 5.56 Å². The van der Waals surface area contributed by atoms with Crippen molar-refractivity contribution in [1.29, 1.82) is 0 Å². The Morgan fingerprint density at radius 3 is 2.65 bits per heavy atom. The molecule has 0 aromatic heterocycles. The molecule has 5 nitrogen and oxygen atoms in total. The second kappa shape index (κ2) is 7.17. The third kappa shape index (κ3) is 4.02. The quantitative estimate of drug-likeness (QED) is 0.840. The van der Waals surface area contributed by atoms with Crippen LogP contribution in [0.4, 0.5) is 0 Å². The van der Waals surface area contributed by atoms with Gasteiger partial charge < -0.3 is 9.64 Å². The van der Waals surface area contributed by atoms with E-state index in [0.717, 1.165) is 42.8 Å². The number of hydrogen-bond donors (Lipinski definition) is 1. The number of hydrazine groups is 1. The number of hydrogen-bond acceptors (Lipinski definition) is 5. The first-order valence-electron chi connectivity index (χ1n) is 6.64. The molecule has 1 heterocycles. The summed E-state index contributed by atoms with van der Waals surface area (Å²) in [5.74, 6) is -0.315. The maximum Gasteiger partial charge on any atom is 0.337 e. The summed E-state index contributed by atoms with van der Waals surface area (Å²) in [5, 5.41) is 2.24. The van der Waals surface area contributed by atoms with Gasteiger partial charge in [0.25, 0.3) is 0 Å². The fraction of sp³-hybridized carbons (Fsp3) is 0.500. The molecule has 2 rings (SSSR count). The minimum Gasteiger partial charge on any atom is -0.465 e. The van der Waals surface area contributed by atoms with Gasteiger partial charge in [-0.3, -0.25) is 5.43 Å². The molecule has 0 aliphatic carbocycles. The molecule has 1 aliphatic rings. The number of nitrogens with one attached hydrogen (secondary N) is 1. The Morgan fingerprint density at radius 2 is 2.05 bits per heavy atom. The third-order valence-corrected chi connectivity index (χ3v) is 4.21. The molecule has 0 amide bonds. The standard InChI is InChI=1S/C14H20BrN3O2/c1-17-5-7-18(8-6-17)16-10-12-4-3-11(9-13(12)15)14(19)20-2/h3-4,9,16H,5-8,10H2,1-2H3. The zero-order valence-electron chi connectivity index (χ0n) is 11.9. The first kappa shape index (κ1) is 15.4. The van der Waals surface area contributed by atoms with Crippen LogP contribution in [-0.2, 0) is 11.3 Å². The molecule has 0 radical (unpaired) electrons. The topological polar surface area (TPSA) is 44.8 Å². The maximum absolute atomic E-state index is 11.4. The van der Waals surface area contributed by atoms with Crippen molar-refractivity contribution >= 4 is 21.9 Å². The van der Waals surface area contributed by atoms with Crippen LogP contribution in [-0.4, -0.2) is 56.2 Å². The van der Waals surface area contributed by atoms with Gasteiger partial charge in [-0.1, -0.05) is 22.0 Å². The van der Waals surface area contributed by atoms with Gasteiger partial charge in [0, 0.05) is 37.2 Å². The average Bonchev–Trinajstić information content (AvgIpc) is 2.46. The van der Waals surface area contributed by atoms with Crippen molar-refractivity contribution in [2.75, 3.05) is 40.3 Å². The molecule has 1 fully saturated rings. The van der Waals surface area contributed by atoms with Crippen molar-refractivity contribution in [3.05, 3.63) is 33.8 Å². The summed E-state index contributed by atoms with van der Waals surface area (Å²) in [4.78, 5) is 13.8. The summed E-state index contributed by atoms with van der Waals surface area (Å²) in [6, 6.07) is 5.53. The number of esters is 1. The molecular weight excluding hydrogens is 322 g/mol. The monoisotopic (exact) mass is 341 g/mol. The number of halogens is 1. The van der Waals surface area contributed by atoms with Gasteiger partial charge in [-0.25, -0.2) is 9.80 Å². The summed E-state index contributed by atoms with van der Waals surface area (Å²) in [7, 11) is 3.53. The highest BCUT2D eigenvalue weighted by Crippen LogP contribution is 2.19. The summed E-state index contributed by atoms with van der Waals surface area (Å²) in [6.07, 6.45) is 0. The number of ether oxygens (including phenoxy) is 1. The Balaban J connectivity index is 1.91. The van der Waals surface area contributed by atoms with Gasteiger partial charge in [-0.2, -0.15) is 0 Å². The van der Waals surface area contributed by atoms with Crippen LogP contribution in [0, 0.1) is 0 Å². The van der Waals surface area contributed by atoms with E-state index in [-0.39, 0.29) is 5.97 Å². The van der Waals surface area contributed by atoms with E-state index >= 15 is 0 Å². The highest BCUT2D eigenvalue weighted by molar-refractivity contribution is 9.10. The molecule has 0 bridgehead atoms. The van der Waals surface area contributed by atoms with Gasteiger partial charge in [-0.05, 0) is 24.7 Å². The van der Waals surface area contributed by atoms with E-state index in [9.17, 15) is 4.79 Å². The Kier molecular flexibility index (Phi) is 5.54. The molecule has 0 saturated carbocycles. The number of piperazine rings is 1. The van der Waals surface area contributed by atoms with Crippen molar-refractivity contribution in [2.24, 2.45) is 0 Å². The summed E-state index contributed by atoms with van der Waals surface area (Å²) in [6.45, 7) is 4.94. The first-order valence-corrected chi connectivity index (χ1v) is 7.43. The molecule has 1 aliphatic heterocycles. The number of methoxy groups -OCH3 is 1. The molecule has 20 heavy (non-hydrogen) atoms. The summed E-state index contributed by atoms with van der Waals surface area (Å²) >= 11 is 3.50. The Hall–Kier alpha value is -0.950. The van der Waals surface area contributed by atoms with E-state index in [1.165, 1.54) is 7.11 Å². The second-order valence-corrected chi connectivity index (χ2v) is 5.78. The lowest BCUT2D eigenvalue weighted by molar-refractivity contribution is 0.0600. The number of benzene rings is 1. The van der Waals surface area contributed by atoms with E-state index in [2.05, 4.69) is 38.3 Å². The highest BCUT2D eigenvalue weighted by atomic mass is 79.9. The highest BCUT2D eigenvalue weighted by Gasteiger charge is 2.14. The van der Waals surface area contributed by atoms with Crippen molar-refractivity contribution in [2.45, 2.75) is 6.54 Å². The van der Waals surface area contributed by atoms with Crippen LogP contribution >= 0.6 is 15.9 Å². The Bertz CT molecular complexity index is 473. The fourth-order valence-corrected chi connectivity index (χ4v) is 2.62. The van der Waals surface area contributed by atoms with Gasteiger partial charge in [-0.15, -0.1) is 0 Å². The van der Waals surface area contributed by atoms with Gasteiger partial charge in [0.15, 0.2) is 0 Å². The number of carbonyl (C=O) groups excluding carboxylic acids is 1. The van der Waals surface area contributed by atoms with Crippen LogP contribution in [0.25, 0.3) is 0 Å². The van der Waals surface area contributed by atoms with E-state index in [4.69, 9.17) is 4.74 Å². The Morgan fingerprint density at radius 1 is 1.35 bits per heavy atom. The van der Waals surface area contributed by atoms with Crippen molar-refractivity contribution in [3.63, 3.8) is 0 Å². The molecule has 0 atom stereocenters. The van der Waals surface area contributed by atoms with Crippen LogP contribution < -0.4 is 5.43 Å². The second-order valence-electron chi connectivity index (χ2n) is 4.92. The lowest BCUT2D eigenvalue weighted by Gasteiger charge is -2.32. The van der Waals surface area contributed by atoms with Crippen molar-refractivity contribution in [1.82, 2.24) is 15.3 Å². The smallest absolute Gasteiger partial charge is 0.337 e. The minimum absolute atomic E-state index is 0.315. The number of carbonyl (C=O) groups is 1. The van der Waals surface area contributed by atoms with Gasteiger partial charge >= 0.3 is 5.97 Å². The lowest BCUT2D eigenvalue weighted by Crippen LogP contribution is -2.50. The molecule has 0 unspecified atom stereocenters. The predicted octanol–water partition coefficient (Wildman–Crippen LogP) is 1.49.